The van der Waals surface area contributed by atoms with E-state index in [1.165, 1.54) is 5.56 Å². The van der Waals surface area contributed by atoms with Crippen LogP contribution in [0.5, 0.6) is 0 Å². The number of carbonyl (C=O) groups excluding carboxylic acids is 2. The lowest BCUT2D eigenvalue weighted by atomic mass is 10.2. The number of quaternary nitrogens is 1. The van der Waals surface area contributed by atoms with E-state index in [9.17, 15) is 9.59 Å². The lowest BCUT2D eigenvalue weighted by Crippen LogP contribution is -3.08. The lowest BCUT2D eigenvalue weighted by molar-refractivity contribution is -0.885. The molecule has 1 aromatic rings. The van der Waals surface area contributed by atoms with E-state index in [0.29, 0.717) is 6.54 Å². The van der Waals surface area contributed by atoms with Crippen LogP contribution in [-0.2, 0) is 16.1 Å². The van der Waals surface area contributed by atoms with E-state index in [-0.39, 0.29) is 24.4 Å². The molecule has 1 aromatic carbocycles. The number of carbonyl (C=O) groups is 2. The Labute approximate surface area is 138 Å². The quantitative estimate of drug-likeness (QED) is 0.599. The van der Waals surface area contributed by atoms with Gasteiger partial charge in [-0.25, -0.2) is 0 Å². The predicted octanol–water partition coefficient (Wildman–Crippen LogP) is -0.592. The van der Waals surface area contributed by atoms with E-state index in [1.807, 2.05) is 35.0 Å². The average molecular weight is 321 g/mol. The summed E-state index contributed by atoms with van der Waals surface area (Å²) in [6, 6.07) is 8.37. The molecular weight excluding hydrogens is 292 g/mol. The zero-order valence-electron chi connectivity index (χ0n) is 14.8. The standard InChI is InChI=1S/C17H28N4O2/c1-13(2)19-16(22)10-18-17(23)12-21(5)11-14-6-8-15(9-7-14)20(3)4/h6-9,13H,10-12H2,1-5H3,(H,18,23)(H,19,22)/p+1. The van der Waals surface area contributed by atoms with Crippen molar-refractivity contribution in [3.05, 3.63) is 29.8 Å². The van der Waals surface area contributed by atoms with Gasteiger partial charge in [0.15, 0.2) is 6.54 Å². The maximum absolute atomic E-state index is 11.9. The highest BCUT2D eigenvalue weighted by Gasteiger charge is 2.12. The van der Waals surface area contributed by atoms with Crippen molar-refractivity contribution in [2.75, 3.05) is 39.1 Å². The fraction of sp³-hybridized carbons (Fsp3) is 0.529. The molecule has 0 spiro atoms. The summed E-state index contributed by atoms with van der Waals surface area (Å²) in [5.41, 5.74) is 2.33. The van der Waals surface area contributed by atoms with Crippen molar-refractivity contribution in [2.24, 2.45) is 0 Å². The first kappa shape index (κ1) is 19.0. The van der Waals surface area contributed by atoms with Crippen molar-refractivity contribution >= 4 is 17.5 Å². The second kappa shape index (κ2) is 9.15. The van der Waals surface area contributed by atoms with Gasteiger partial charge in [-0.1, -0.05) is 12.1 Å². The minimum absolute atomic E-state index is 0.0296. The third-order valence-corrected chi connectivity index (χ3v) is 3.32. The van der Waals surface area contributed by atoms with Gasteiger partial charge in [-0.15, -0.1) is 0 Å². The number of anilines is 1. The number of amides is 2. The van der Waals surface area contributed by atoms with E-state index < -0.39 is 0 Å². The highest BCUT2D eigenvalue weighted by atomic mass is 16.2. The fourth-order valence-electron chi connectivity index (χ4n) is 2.21. The first-order valence-corrected chi connectivity index (χ1v) is 7.91. The monoisotopic (exact) mass is 321 g/mol. The highest BCUT2D eigenvalue weighted by molar-refractivity contribution is 5.85. The molecule has 2 amide bonds. The Kier molecular flexibility index (Phi) is 7.54. The van der Waals surface area contributed by atoms with Gasteiger partial charge >= 0.3 is 0 Å². The van der Waals surface area contributed by atoms with E-state index in [4.69, 9.17) is 0 Å². The molecule has 1 unspecified atom stereocenters. The maximum Gasteiger partial charge on any atom is 0.275 e. The molecule has 0 heterocycles. The number of nitrogens with zero attached hydrogens (tertiary/aromatic N) is 1. The summed E-state index contributed by atoms with van der Waals surface area (Å²) in [5, 5.41) is 5.39. The van der Waals surface area contributed by atoms with Crippen molar-refractivity contribution in [2.45, 2.75) is 26.4 Å². The molecule has 0 bridgehead atoms. The van der Waals surface area contributed by atoms with Crippen molar-refractivity contribution < 1.29 is 14.5 Å². The molecule has 0 aliphatic rings. The summed E-state index contributed by atoms with van der Waals surface area (Å²) in [6.45, 7) is 4.91. The molecule has 128 valence electrons. The number of hydrogen-bond acceptors (Lipinski definition) is 3. The van der Waals surface area contributed by atoms with Crippen LogP contribution < -0.4 is 20.4 Å². The van der Waals surface area contributed by atoms with E-state index in [1.54, 1.807) is 0 Å². The number of likely N-dealkylation sites (N-methyl/N-ethyl adjacent to an activating group) is 1. The molecule has 0 fully saturated rings. The van der Waals surface area contributed by atoms with Crippen molar-refractivity contribution in [1.82, 2.24) is 10.6 Å². The molecular formula is C17H29N4O2+. The second-order valence-electron chi connectivity index (χ2n) is 6.37. The summed E-state index contributed by atoms with van der Waals surface area (Å²) in [4.78, 5) is 26.5. The molecule has 1 rings (SSSR count). The first-order chi connectivity index (χ1) is 10.8. The van der Waals surface area contributed by atoms with Crippen molar-refractivity contribution in [3.63, 3.8) is 0 Å². The first-order valence-electron chi connectivity index (χ1n) is 7.91. The Morgan fingerprint density at radius 1 is 1.13 bits per heavy atom. The molecule has 1 atom stereocenters. The molecule has 0 radical (unpaired) electrons. The van der Waals surface area contributed by atoms with Gasteiger partial charge in [0.05, 0.1) is 13.6 Å². The van der Waals surface area contributed by atoms with E-state index in [2.05, 4.69) is 39.8 Å². The third-order valence-electron chi connectivity index (χ3n) is 3.32. The Bertz CT molecular complexity index is 512. The van der Waals surface area contributed by atoms with Crippen LogP contribution in [0.1, 0.15) is 19.4 Å². The van der Waals surface area contributed by atoms with E-state index >= 15 is 0 Å². The van der Waals surface area contributed by atoms with Gasteiger partial charge in [0.1, 0.15) is 6.54 Å². The third kappa shape index (κ3) is 7.65. The van der Waals surface area contributed by atoms with Gasteiger partial charge in [-0.05, 0) is 26.0 Å². The molecule has 0 saturated heterocycles. The predicted molar refractivity (Wildman–Crippen MR) is 92.5 cm³/mol. The number of rotatable bonds is 8. The summed E-state index contributed by atoms with van der Waals surface area (Å²) >= 11 is 0. The van der Waals surface area contributed by atoms with Crippen LogP contribution in [0.15, 0.2) is 24.3 Å². The van der Waals surface area contributed by atoms with Crippen LogP contribution in [-0.4, -0.2) is 52.1 Å². The largest absolute Gasteiger partial charge is 0.378 e. The Morgan fingerprint density at radius 3 is 2.26 bits per heavy atom. The Morgan fingerprint density at radius 2 is 1.74 bits per heavy atom. The minimum atomic E-state index is -0.162. The SMILES string of the molecule is CC(C)NC(=O)CNC(=O)C[NH+](C)Cc1ccc(N(C)C)cc1. The van der Waals surface area contributed by atoms with Crippen molar-refractivity contribution in [1.29, 1.82) is 0 Å². The zero-order chi connectivity index (χ0) is 17.4. The highest BCUT2D eigenvalue weighted by Crippen LogP contribution is 2.11. The number of nitrogens with one attached hydrogen (secondary N) is 3. The minimum Gasteiger partial charge on any atom is -0.378 e. The molecule has 0 aromatic heterocycles. The van der Waals surface area contributed by atoms with Gasteiger partial charge in [-0.2, -0.15) is 0 Å². The van der Waals surface area contributed by atoms with Crippen LogP contribution in [0.2, 0.25) is 0 Å². The normalized spacial score (nSPS) is 11.9. The summed E-state index contributed by atoms with van der Waals surface area (Å²) in [5.74, 6) is -0.281. The van der Waals surface area contributed by atoms with Gasteiger partial charge in [-0.3, -0.25) is 9.59 Å². The maximum atomic E-state index is 11.9. The molecule has 23 heavy (non-hydrogen) atoms. The van der Waals surface area contributed by atoms with Gasteiger partial charge < -0.3 is 20.4 Å². The number of hydrogen-bond donors (Lipinski definition) is 3. The van der Waals surface area contributed by atoms with Crippen LogP contribution in [0, 0.1) is 0 Å². The smallest absolute Gasteiger partial charge is 0.275 e. The fourth-order valence-corrected chi connectivity index (χ4v) is 2.21. The molecule has 3 N–H and O–H groups in total. The van der Waals surface area contributed by atoms with Crippen LogP contribution in [0.25, 0.3) is 0 Å². The molecule has 0 aliphatic carbocycles. The molecule has 6 heteroatoms. The number of benzene rings is 1. The second-order valence-corrected chi connectivity index (χ2v) is 6.37. The van der Waals surface area contributed by atoms with Crippen LogP contribution >= 0.6 is 0 Å². The Hall–Kier alpha value is -2.08. The van der Waals surface area contributed by atoms with Gasteiger partial charge in [0, 0.05) is 31.4 Å². The summed E-state index contributed by atoms with van der Waals surface area (Å²) < 4.78 is 0. The van der Waals surface area contributed by atoms with Crippen LogP contribution in [0.4, 0.5) is 5.69 Å². The summed E-state index contributed by atoms with van der Waals surface area (Å²) in [7, 11) is 5.98. The zero-order valence-corrected chi connectivity index (χ0v) is 14.8. The topological polar surface area (TPSA) is 65.9 Å². The van der Waals surface area contributed by atoms with E-state index in [0.717, 1.165) is 17.1 Å². The van der Waals surface area contributed by atoms with Gasteiger partial charge in [0.25, 0.3) is 5.91 Å². The molecule has 0 saturated carbocycles. The molecule has 0 aliphatic heterocycles. The average Bonchev–Trinajstić information content (AvgIpc) is 2.44. The van der Waals surface area contributed by atoms with Crippen molar-refractivity contribution in [3.8, 4) is 0 Å². The summed E-state index contributed by atoms with van der Waals surface area (Å²) in [6.07, 6.45) is 0. The Balaban J connectivity index is 2.36. The van der Waals surface area contributed by atoms with Crippen LogP contribution in [0.3, 0.4) is 0 Å². The lowest BCUT2D eigenvalue weighted by Gasteiger charge is -2.16. The van der Waals surface area contributed by atoms with Gasteiger partial charge in [0.2, 0.25) is 5.91 Å². The molecule has 6 nitrogen and oxygen atoms in total.